The van der Waals surface area contributed by atoms with Crippen molar-refractivity contribution in [2.75, 3.05) is 23.3 Å². The van der Waals surface area contributed by atoms with Gasteiger partial charge in [0.25, 0.3) is 0 Å². The number of nitrogens with zero attached hydrogens (tertiary/aromatic N) is 5. The highest BCUT2D eigenvalue weighted by atomic mass is 16.6. The second kappa shape index (κ2) is 6.99. The van der Waals surface area contributed by atoms with Crippen molar-refractivity contribution in [2.45, 2.75) is 25.8 Å². The number of benzene rings is 1. The summed E-state index contributed by atoms with van der Waals surface area (Å²) in [7, 11) is 0. The largest absolute Gasteiger partial charge is 0.371 e. The van der Waals surface area contributed by atoms with Gasteiger partial charge in [0.15, 0.2) is 5.82 Å². The number of nitrogens with one attached hydrogen (secondary N) is 1. The van der Waals surface area contributed by atoms with Gasteiger partial charge in [-0.15, -0.1) is 0 Å². The predicted octanol–water partition coefficient (Wildman–Crippen LogP) is 3.24. The van der Waals surface area contributed by atoms with E-state index in [0.717, 1.165) is 13.1 Å². The van der Waals surface area contributed by atoms with Crippen LogP contribution < -0.4 is 10.2 Å². The summed E-state index contributed by atoms with van der Waals surface area (Å²) in [5, 5.41) is 18.6. The average molecular weight is 352 g/mol. The molecule has 1 fully saturated rings. The molecule has 0 amide bonds. The maximum absolute atomic E-state index is 11.1. The number of nitro groups is 1. The Bertz CT molecular complexity index is 932. The van der Waals surface area contributed by atoms with Crippen molar-refractivity contribution in [3.05, 3.63) is 58.3 Å². The molecule has 0 atom stereocenters. The summed E-state index contributed by atoms with van der Waals surface area (Å²) in [4.78, 5) is 17.0. The molecule has 0 saturated carbocycles. The number of imidazole rings is 1. The molecule has 0 bridgehead atoms. The van der Waals surface area contributed by atoms with E-state index < -0.39 is 4.92 Å². The van der Waals surface area contributed by atoms with Crippen molar-refractivity contribution in [2.24, 2.45) is 0 Å². The van der Waals surface area contributed by atoms with Gasteiger partial charge in [-0.1, -0.05) is 27.8 Å². The minimum absolute atomic E-state index is 0.141. The average Bonchev–Trinajstić information content (AvgIpc) is 3.11. The zero-order chi connectivity index (χ0) is 17.9. The van der Waals surface area contributed by atoms with Gasteiger partial charge in [-0.2, -0.15) is 0 Å². The van der Waals surface area contributed by atoms with Gasteiger partial charge in [0.2, 0.25) is 5.65 Å². The molecule has 0 unspecified atom stereocenters. The molecular weight excluding hydrogens is 332 g/mol. The van der Waals surface area contributed by atoms with Crippen molar-refractivity contribution in [1.29, 1.82) is 0 Å². The number of anilines is 2. The van der Waals surface area contributed by atoms with Crippen LogP contribution in [-0.2, 0) is 6.54 Å². The van der Waals surface area contributed by atoms with Crippen LogP contribution in [0.4, 0.5) is 17.3 Å². The van der Waals surface area contributed by atoms with Gasteiger partial charge in [-0.3, -0.25) is 0 Å². The van der Waals surface area contributed by atoms with E-state index in [0.29, 0.717) is 18.0 Å². The molecule has 1 aliphatic heterocycles. The van der Waals surface area contributed by atoms with Gasteiger partial charge in [0, 0.05) is 31.4 Å². The molecule has 0 spiro atoms. The molecule has 3 heterocycles. The molecular formula is C18H20N6O2. The highest BCUT2D eigenvalue weighted by molar-refractivity contribution is 5.55. The third-order valence-corrected chi connectivity index (χ3v) is 4.68. The summed E-state index contributed by atoms with van der Waals surface area (Å²) in [6.45, 7) is 2.78. The number of fused-ring (bicyclic) bond motifs is 1. The number of piperidine rings is 1. The second-order valence-electron chi connectivity index (χ2n) is 6.39. The van der Waals surface area contributed by atoms with Gasteiger partial charge in [0.1, 0.15) is 6.20 Å². The second-order valence-corrected chi connectivity index (χ2v) is 6.39. The maximum Gasteiger partial charge on any atom is 0.368 e. The van der Waals surface area contributed by atoms with Crippen LogP contribution in [0.15, 0.2) is 42.6 Å². The molecule has 2 aromatic heterocycles. The summed E-state index contributed by atoms with van der Waals surface area (Å²) in [5.74, 6) is 0.435. The molecule has 8 heteroatoms. The van der Waals surface area contributed by atoms with E-state index in [2.05, 4.69) is 38.5 Å². The van der Waals surface area contributed by atoms with Crippen molar-refractivity contribution in [3.8, 4) is 0 Å². The summed E-state index contributed by atoms with van der Waals surface area (Å²) in [6, 6.07) is 11.9. The summed E-state index contributed by atoms with van der Waals surface area (Å²) >= 11 is 0. The Morgan fingerprint density at radius 1 is 1.12 bits per heavy atom. The standard InChI is InChI=1S/C18H20N6O2/c25-24(26)18-13-20-17-9-8-16(21-23(17)18)19-12-14-6-2-3-7-15(14)22-10-4-1-5-11-22/h2-3,6-9,13H,1,4-5,10-12H2,(H,19,21). The Kier molecular flexibility index (Phi) is 4.39. The van der Waals surface area contributed by atoms with Gasteiger partial charge in [-0.25, -0.2) is 4.98 Å². The van der Waals surface area contributed by atoms with E-state index in [1.54, 1.807) is 12.1 Å². The number of hydrogen-bond donors (Lipinski definition) is 1. The fourth-order valence-electron chi connectivity index (χ4n) is 3.37. The number of rotatable bonds is 5. The van der Waals surface area contributed by atoms with E-state index in [1.807, 2.05) is 6.07 Å². The first-order chi connectivity index (χ1) is 12.7. The van der Waals surface area contributed by atoms with Crippen LogP contribution in [-0.4, -0.2) is 32.6 Å². The number of para-hydroxylation sites is 1. The fraction of sp³-hybridized carbons (Fsp3) is 0.333. The molecule has 0 radical (unpaired) electrons. The monoisotopic (exact) mass is 352 g/mol. The third-order valence-electron chi connectivity index (χ3n) is 4.68. The zero-order valence-corrected chi connectivity index (χ0v) is 14.3. The lowest BCUT2D eigenvalue weighted by atomic mass is 10.1. The van der Waals surface area contributed by atoms with Crippen LogP contribution in [0.2, 0.25) is 0 Å². The van der Waals surface area contributed by atoms with E-state index in [1.165, 1.54) is 41.2 Å². The molecule has 1 saturated heterocycles. The molecule has 8 nitrogen and oxygen atoms in total. The van der Waals surface area contributed by atoms with E-state index >= 15 is 0 Å². The van der Waals surface area contributed by atoms with Crippen molar-refractivity contribution in [3.63, 3.8) is 0 Å². The first-order valence-corrected chi connectivity index (χ1v) is 8.78. The molecule has 4 rings (SSSR count). The highest BCUT2D eigenvalue weighted by Crippen LogP contribution is 2.25. The maximum atomic E-state index is 11.1. The topological polar surface area (TPSA) is 88.6 Å². The lowest BCUT2D eigenvalue weighted by molar-refractivity contribution is -0.391. The quantitative estimate of drug-likeness (QED) is 0.560. The summed E-state index contributed by atoms with van der Waals surface area (Å²) in [6.07, 6.45) is 4.97. The van der Waals surface area contributed by atoms with E-state index in [4.69, 9.17) is 0 Å². The lowest BCUT2D eigenvalue weighted by Gasteiger charge is -2.30. The van der Waals surface area contributed by atoms with Crippen molar-refractivity contribution < 1.29 is 4.92 Å². The van der Waals surface area contributed by atoms with Crippen LogP contribution in [0.3, 0.4) is 0 Å². The summed E-state index contributed by atoms with van der Waals surface area (Å²) < 4.78 is 1.25. The van der Waals surface area contributed by atoms with Crippen molar-refractivity contribution in [1.82, 2.24) is 14.6 Å². The number of aromatic nitrogens is 3. The first kappa shape index (κ1) is 16.3. The van der Waals surface area contributed by atoms with Crippen LogP contribution in [0.25, 0.3) is 5.65 Å². The SMILES string of the molecule is O=[N+]([O-])c1cnc2ccc(NCc3ccccc3N3CCCCC3)nn12. The van der Waals surface area contributed by atoms with Crippen LogP contribution in [0, 0.1) is 10.1 Å². The van der Waals surface area contributed by atoms with E-state index in [-0.39, 0.29) is 5.82 Å². The number of hydrogen-bond acceptors (Lipinski definition) is 6. The third kappa shape index (κ3) is 3.17. The minimum Gasteiger partial charge on any atom is -0.371 e. The highest BCUT2D eigenvalue weighted by Gasteiger charge is 2.17. The van der Waals surface area contributed by atoms with Gasteiger partial charge in [0.05, 0.1) is 0 Å². The van der Waals surface area contributed by atoms with Gasteiger partial charge < -0.3 is 20.3 Å². The smallest absolute Gasteiger partial charge is 0.368 e. The first-order valence-electron chi connectivity index (χ1n) is 8.78. The normalized spacial score (nSPS) is 14.5. The molecule has 1 aromatic carbocycles. The molecule has 3 aromatic rings. The van der Waals surface area contributed by atoms with Crippen LogP contribution in [0.1, 0.15) is 24.8 Å². The van der Waals surface area contributed by atoms with Crippen LogP contribution in [0.5, 0.6) is 0 Å². The molecule has 26 heavy (non-hydrogen) atoms. The minimum atomic E-state index is -0.484. The Balaban J connectivity index is 1.55. The molecule has 1 N–H and O–H groups in total. The Morgan fingerprint density at radius 2 is 1.92 bits per heavy atom. The fourth-order valence-corrected chi connectivity index (χ4v) is 3.37. The molecule has 0 aliphatic carbocycles. The van der Waals surface area contributed by atoms with Crippen LogP contribution >= 0.6 is 0 Å². The lowest BCUT2D eigenvalue weighted by Crippen LogP contribution is -2.30. The van der Waals surface area contributed by atoms with Gasteiger partial charge >= 0.3 is 5.82 Å². The Hall–Kier alpha value is -3.16. The Labute approximate surface area is 150 Å². The molecule has 134 valence electrons. The zero-order valence-electron chi connectivity index (χ0n) is 14.3. The molecule has 1 aliphatic rings. The van der Waals surface area contributed by atoms with Crippen molar-refractivity contribution >= 4 is 23.0 Å². The predicted molar refractivity (Wildman–Crippen MR) is 99.5 cm³/mol. The van der Waals surface area contributed by atoms with E-state index in [9.17, 15) is 10.1 Å². The van der Waals surface area contributed by atoms with Gasteiger partial charge in [-0.05, 0) is 41.9 Å². The summed E-state index contributed by atoms with van der Waals surface area (Å²) in [5.41, 5.74) is 2.89. The Morgan fingerprint density at radius 3 is 2.73 bits per heavy atom.